The first kappa shape index (κ1) is 16.4. The van der Waals surface area contributed by atoms with Gasteiger partial charge in [0.2, 0.25) is 5.76 Å². The fourth-order valence-corrected chi connectivity index (χ4v) is 3.42. The number of carbonyl (C=O) groups excluding carboxylic acids is 2. The van der Waals surface area contributed by atoms with Gasteiger partial charge in [0, 0.05) is 23.2 Å². The van der Waals surface area contributed by atoms with Crippen molar-refractivity contribution in [2.45, 2.75) is 26.4 Å². The van der Waals surface area contributed by atoms with Crippen LogP contribution in [0.4, 0.5) is 5.69 Å². The summed E-state index contributed by atoms with van der Waals surface area (Å²) in [5.74, 6) is -0.697. The lowest BCUT2D eigenvalue weighted by molar-refractivity contribution is -0.126. The molecule has 2 heterocycles. The monoisotopic (exact) mass is 349 g/mol. The van der Waals surface area contributed by atoms with Crippen molar-refractivity contribution >= 4 is 28.5 Å². The molecule has 26 heavy (non-hydrogen) atoms. The highest BCUT2D eigenvalue weighted by Crippen LogP contribution is 2.29. The van der Waals surface area contributed by atoms with E-state index < -0.39 is 12.1 Å². The zero-order valence-electron chi connectivity index (χ0n) is 14.7. The number of fused-ring (bicyclic) bond motifs is 2. The van der Waals surface area contributed by atoms with Crippen LogP contribution in [-0.4, -0.2) is 24.5 Å². The molecule has 1 aromatic heterocycles. The number of benzene rings is 2. The fourth-order valence-electron chi connectivity index (χ4n) is 3.42. The lowest BCUT2D eigenvalue weighted by Crippen LogP contribution is -2.39. The third-order valence-electron chi connectivity index (χ3n) is 4.81. The van der Waals surface area contributed by atoms with Crippen LogP contribution in [0.15, 0.2) is 52.9 Å². The van der Waals surface area contributed by atoms with Crippen molar-refractivity contribution in [3.8, 4) is 0 Å². The number of carbonyl (C=O) groups is 2. The molecule has 0 radical (unpaired) electrons. The molecule has 1 aliphatic rings. The Morgan fingerprint density at radius 3 is 2.65 bits per heavy atom. The molecule has 132 valence electrons. The van der Waals surface area contributed by atoms with Crippen LogP contribution in [0, 0.1) is 6.92 Å². The van der Waals surface area contributed by atoms with Gasteiger partial charge in [-0.15, -0.1) is 0 Å². The zero-order chi connectivity index (χ0) is 18.3. The van der Waals surface area contributed by atoms with Gasteiger partial charge in [-0.05, 0) is 38.0 Å². The Morgan fingerprint density at radius 1 is 1.12 bits per heavy atom. The van der Waals surface area contributed by atoms with E-state index in [1.165, 1.54) is 0 Å². The minimum atomic E-state index is -0.888. The first-order valence-corrected chi connectivity index (χ1v) is 8.64. The summed E-state index contributed by atoms with van der Waals surface area (Å²) in [5, 5.41) is 0.867. The first-order valence-electron chi connectivity index (χ1n) is 8.64. The smallest absolute Gasteiger partial charge is 0.375 e. The normalized spacial score (nSPS) is 14.3. The van der Waals surface area contributed by atoms with E-state index in [1.54, 1.807) is 17.9 Å². The number of esters is 1. The number of anilines is 1. The maximum Gasteiger partial charge on any atom is 0.375 e. The maximum atomic E-state index is 12.8. The van der Waals surface area contributed by atoms with Crippen LogP contribution in [0.1, 0.15) is 28.6 Å². The highest BCUT2D eigenvalue weighted by molar-refractivity contribution is 6.01. The number of rotatable bonds is 3. The van der Waals surface area contributed by atoms with E-state index >= 15 is 0 Å². The van der Waals surface area contributed by atoms with Gasteiger partial charge in [0.15, 0.2) is 6.10 Å². The highest BCUT2D eigenvalue weighted by Gasteiger charge is 2.31. The highest BCUT2D eigenvalue weighted by atomic mass is 16.6. The molecule has 2 aromatic carbocycles. The molecule has 0 fully saturated rings. The van der Waals surface area contributed by atoms with Crippen LogP contribution in [-0.2, 0) is 16.0 Å². The van der Waals surface area contributed by atoms with E-state index in [0.29, 0.717) is 12.1 Å². The molecule has 0 saturated heterocycles. The predicted molar refractivity (Wildman–Crippen MR) is 98.3 cm³/mol. The number of hydrogen-bond acceptors (Lipinski definition) is 4. The van der Waals surface area contributed by atoms with Crippen LogP contribution in [0.25, 0.3) is 11.0 Å². The zero-order valence-corrected chi connectivity index (χ0v) is 14.7. The lowest BCUT2D eigenvalue weighted by Gasteiger charge is -2.21. The molecule has 5 nitrogen and oxygen atoms in total. The molecule has 4 rings (SSSR count). The largest absolute Gasteiger partial charge is 0.449 e. The second-order valence-electron chi connectivity index (χ2n) is 6.47. The minimum absolute atomic E-state index is 0.146. The molecule has 0 N–H and O–H groups in total. The Hall–Kier alpha value is -3.08. The van der Waals surface area contributed by atoms with Gasteiger partial charge in [0.1, 0.15) is 5.58 Å². The Labute approximate surface area is 151 Å². The van der Waals surface area contributed by atoms with Crippen molar-refractivity contribution in [2.24, 2.45) is 0 Å². The number of hydrogen-bond donors (Lipinski definition) is 0. The van der Waals surface area contributed by atoms with E-state index in [9.17, 15) is 9.59 Å². The summed E-state index contributed by atoms with van der Waals surface area (Å²) >= 11 is 0. The van der Waals surface area contributed by atoms with Crippen molar-refractivity contribution in [1.82, 2.24) is 0 Å². The van der Waals surface area contributed by atoms with Crippen molar-refractivity contribution in [3.63, 3.8) is 0 Å². The lowest BCUT2D eigenvalue weighted by atomic mass is 10.1. The Balaban J connectivity index is 1.52. The summed E-state index contributed by atoms with van der Waals surface area (Å²) < 4.78 is 11.0. The van der Waals surface area contributed by atoms with Crippen LogP contribution < -0.4 is 4.90 Å². The quantitative estimate of drug-likeness (QED) is 0.674. The van der Waals surface area contributed by atoms with Gasteiger partial charge in [-0.3, -0.25) is 4.79 Å². The van der Waals surface area contributed by atoms with Crippen LogP contribution in [0.3, 0.4) is 0 Å². The SMILES string of the molecule is Cc1c(C(=O)O[C@H](C)C(=O)N2CCc3ccccc32)oc2ccccc12. The summed E-state index contributed by atoms with van der Waals surface area (Å²) in [4.78, 5) is 27.0. The van der Waals surface area contributed by atoms with Crippen LogP contribution >= 0.6 is 0 Å². The van der Waals surface area contributed by atoms with E-state index in [4.69, 9.17) is 9.15 Å². The first-order chi connectivity index (χ1) is 12.6. The van der Waals surface area contributed by atoms with Gasteiger partial charge in [0.05, 0.1) is 0 Å². The topological polar surface area (TPSA) is 59.8 Å². The third-order valence-corrected chi connectivity index (χ3v) is 4.81. The van der Waals surface area contributed by atoms with Crippen molar-refractivity contribution in [1.29, 1.82) is 0 Å². The van der Waals surface area contributed by atoms with Gasteiger partial charge < -0.3 is 14.1 Å². The number of aryl methyl sites for hydroxylation is 1. The Morgan fingerprint density at radius 2 is 1.85 bits per heavy atom. The number of amides is 1. The summed E-state index contributed by atoms with van der Waals surface area (Å²) in [7, 11) is 0. The third kappa shape index (κ3) is 2.65. The van der Waals surface area contributed by atoms with Crippen molar-refractivity contribution in [2.75, 3.05) is 11.4 Å². The van der Waals surface area contributed by atoms with E-state index in [1.807, 2.05) is 49.4 Å². The molecule has 5 heteroatoms. The molecule has 0 unspecified atom stereocenters. The summed E-state index contributed by atoms with van der Waals surface area (Å²) in [5.41, 5.74) is 3.37. The standard InChI is InChI=1S/C21H19NO4/c1-13-16-8-4-6-10-18(16)26-19(13)21(24)25-14(2)20(23)22-12-11-15-7-3-5-9-17(15)22/h3-10,14H,11-12H2,1-2H3/t14-/m1/s1. The maximum absolute atomic E-state index is 12.8. The molecular weight excluding hydrogens is 330 g/mol. The molecule has 0 spiro atoms. The average molecular weight is 349 g/mol. The second-order valence-corrected chi connectivity index (χ2v) is 6.47. The molecule has 0 bridgehead atoms. The Bertz CT molecular complexity index is 1000. The molecule has 0 saturated carbocycles. The van der Waals surface area contributed by atoms with E-state index in [0.717, 1.165) is 28.6 Å². The van der Waals surface area contributed by atoms with Gasteiger partial charge in [-0.1, -0.05) is 36.4 Å². The molecular formula is C21H19NO4. The Kier molecular flexibility index (Phi) is 3.99. The molecule has 0 aliphatic carbocycles. The molecule has 1 aliphatic heterocycles. The van der Waals surface area contributed by atoms with Gasteiger partial charge >= 0.3 is 5.97 Å². The number of nitrogens with zero attached hydrogens (tertiary/aromatic N) is 1. The van der Waals surface area contributed by atoms with Crippen molar-refractivity contribution < 1.29 is 18.7 Å². The predicted octanol–water partition coefficient (Wildman–Crippen LogP) is 3.88. The second kappa shape index (κ2) is 6.33. The summed E-state index contributed by atoms with van der Waals surface area (Å²) in [6.07, 6.45) is -0.0769. The van der Waals surface area contributed by atoms with Gasteiger partial charge in [-0.25, -0.2) is 4.79 Å². The van der Waals surface area contributed by atoms with Crippen molar-refractivity contribution in [3.05, 3.63) is 65.4 Å². The molecule has 3 aromatic rings. The number of furan rings is 1. The summed E-state index contributed by atoms with van der Waals surface area (Å²) in [6.45, 7) is 4.01. The van der Waals surface area contributed by atoms with Crippen LogP contribution in [0.2, 0.25) is 0 Å². The minimum Gasteiger partial charge on any atom is -0.449 e. The number of para-hydroxylation sites is 2. The van der Waals surface area contributed by atoms with Gasteiger partial charge in [0.25, 0.3) is 5.91 Å². The average Bonchev–Trinajstić information content (AvgIpc) is 3.23. The fraction of sp³-hybridized carbons (Fsp3) is 0.238. The van der Waals surface area contributed by atoms with E-state index in [2.05, 4.69) is 0 Å². The number of ether oxygens (including phenoxy) is 1. The summed E-state index contributed by atoms with van der Waals surface area (Å²) in [6, 6.07) is 15.2. The van der Waals surface area contributed by atoms with E-state index in [-0.39, 0.29) is 11.7 Å². The molecule has 1 amide bonds. The molecule has 1 atom stereocenters. The van der Waals surface area contributed by atoms with Crippen LogP contribution in [0.5, 0.6) is 0 Å². The van der Waals surface area contributed by atoms with Gasteiger partial charge in [-0.2, -0.15) is 0 Å².